The van der Waals surface area contributed by atoms with Gasteiger partial charge in [0.15, 0.2) is 0 Å². The summed E-state index contributed by atoms with van der Waals surface area (Å²) in [6.07, 6.45) is 0. The van der Waals surface area contributed by atoms with E-state index in [1.54, 1.807) is 10.4 Å². The summed E-state index contributed by atoms with van der Waals surface area (Å²) in [7, 11) is -1.88. The molecule has 4 heteroatoms. The molecule has 0 nitrogen and oxygen atoms in total. The van der Waals surface area contributed by atoms with E-state index in [9.17, 15) is 0 Å². The van der Waals surface area contributed by atoms with Crippen molar-refractivity contribution in [2.24, 2.45) is 0 Å². The van der Waals surface area contributed by atoms with Crippen LogP contribution < -0.4 is 35.2 Å². The molecule has 0 aliphatic heterocycles. The Labute approximate surface area is 209 Å². The molecule has 0 saturated carbocycles. The molecule has 0 unspecified atom stereocenters. The van der Waals surface area contributed by atoms with Gasteiger partial charge in [0, 0.05) is 8.07 Å². The molecule has 0 aromatic heterocycles. The molecule has 0 atom stereocenters. The molecule has 4 aromatic carbocycles. The SMILES string of the molecule is Cc1[cH-]c2c(C)ccc(C)c2c1[Si](C)(C)c1c(C)[cH-]c2c(C)ccc(C)c12.[Cl-].[Cl-].[Ti+4]. The Bertz CT molecular complexity index is 1120. The minimum Gasteiger partial charge on any atom is -1.00 e. The van der Waals surface area contributed by atoms with Crippen molar-refractivity contribution in [3.05, 3.63) is 69.8 Å². The number of rotatable bonds is 2. The Morgan fingerprint density at radius 3 is 1.20 bits per heavy atom. The average Bonchev–Trinajstić information content (AvgIpc) is 3.14. The van der Waals surface area contributed by atoms with E-state index >= 15 is 0 Å². The first kappa shape index (κ1) is 27.2. The Balaban J connectivity index is 0.00000150. The van der Waals surface area contributed by atoms with Crippen LogP contribution in [0.2, 0.25) is 13.1 Å². The largest absolute Gasteiger partial charge is 4.00 e. The second-order valence-electron chi connectivity index (χ2n) is 9.01. The molecule has 0 N–H and O–H groups in total. The van der Waals surface area contributed by atoms with Crippen LogP contribution in [-0.2, 0) is 21.7 Å². The molecule has 4 rings (SSSR count). The first-order valence-corrected chi connectivity index (χ1v) is 13.0. The average molecular weight is 489 g/mol. The number of aryl methyl sites for hydroxylation is 6. The zero-order chi connectivity index (χ0) is 19.7. The third-order valence-electron chi connectivity index (χ3n) is 6.60. The third-order valence-corrected chi connectivity index (χ3v) is 10.4. The van der Waals surface area contributed by atoms with Gasteiger partial charge in [0.1, 0.15) is 0 Å². The second-order valence-corrected chi connectivity index (χ2v) is 13.3. The van der Waals surface area contributed by atoms with Crippen LogP contribution in [0.4, 0.5) is 0 Å². The summed E-state index contributed by atoms with van der Waals surface area (Å²) >= 11 is 0. The normalized spacial score (nSPS) is 11.2. The molecule has 30 heavy (non-hydrogen) atoms. The fraction of sp³-hybridized carbons (Fsp3) is 0.308. The minimum absolute atomic E-state index is 0. The predicted octanol–water partition coefficient (Wildman–Crippen LogP) is 0.109. The molecule has 0 amide bonds. The van der Waals surface area contributed by atoms with Crippen LogP contribution in [0, 0.1) is 41.5 Å². The summed E-state index contributed by atoms with van der Waals surface area (Å²) in [5.74, 6) is 0. The zero-order valence-corrected chi connectivity index (χ0v) is 23.3. The van der Waals surface area contributed by atoms with Crippen molar-refractivity contribution in [2.45, 2.75) is 54.6 Å². The summed E-state index contributed by atoms with van der Waals surface area (Å²) in [6.45, 7) is 18.8. The standard InChI is InChI=1S/C26H30Si.2ClH.Ti/c1-15-9-11-17(3)23-21(15)13-19(5)25(23)27(7,8)26-20(6)14-22-16(2)10-12-18(4)24(22)26;;;/h9-14H,1-8H3;2*1H;/q-2;;;+4/p-2. The first-order chi connectivity index (χ1) is 12.6. The number of halogens is 2. The second kappa shape index (κ2) is 9.35. The Morgan fingerprint density at radius 1 is 0.567 bits per heavy atom. The number of hydrogen-bond acceptors (Lipinski definition) is 0. The van der Waals surface area contributed by atoms with Gasteiger partial charge in [0.25, 0.3) is 0 Å². The summed E-state index contributed by atoms with van der Waals surface area (Å²) in [5.41, 5.74) is 8.56. The van der Waals surface area contributed by atoms with Gasteiger partial charge in [-0.3, -0.25) is 0 Å². The molecule has 0 heterocycles. The van der Waals surface area contributed by atoms with Gasteiger partial charge >= 0.3 is 21.7 Å². The fourth-order valence-electron chi connectivity index (χ4n) is 5.41. The molecule has 156 valence electrons. The molecule has 0 saturated heterocycles. The first-order valence-electron chi connectivity index (χ1n) is 9.98. The monoisotopic (exact) mass is 488 g/mol. The fourth-order valence-corrected chi connectivity index (χ4v) is 9.69. The van der Waals surface area contributed by atoms with Gasteiger partial charge in [0.2, 0.25) is 0 Å². The van der Waals surface area contributed by atoms with E-state index in [0.717, 1.165) is 0 Å². The van der Waals surface area contributed by atoms with Crippen molar-refractivity contribution in [3.63, 3.8) is 0 Å². The molecule has 4 aromatic rings. The summed E-state index contributed by atoms with van der Waals surface area (Å²) in [5, 5.41) is 9.20. The van der Waals surface area contributed by atoms with Gasteiger partial charge < -0.3 is 24.8 Å². The molecule has 0 fully saturated rings. The number of hydrogen-bond donors (Lipinski definition) is 0. The molecule has 0 radical (unpaired) electrons. The van der Waals surface area contributed by atoms with Crippen molar-refractivity contribution < 1.29 is 46.5 Å². The zero-order valence-electron chi connectivity index (χ0n) is 19.2. The maximum Gasteiger partial charge on any atom is 4.00 e. The molecular weight excluding hydrogens is 459 g/mol. The van der Waals surface area contributed by atoms with Crippen LogP contribution in [-0.4, -0.2) is 8.07 Å². The van der Waals surface area contributed by atoms with Crippen molar-refractivity contribution in [1.29, 1.82) is 0 Å². The van der Waals surface area contributed by atoms with E-state index in [4.69, 9.17) is 0 Å². The summed E-state index contributed by atoms with van der Waals surface area (Å²) < 4.78 is 0. The van der Waals surface area contributed by atoms with Crippen molar-refractivity contribution in [2.75, 3.05) is 0 Å². The van der Waals surface area contributed by atoms with Gasteiger partial charge in [-0.25, -0.2) is 0 Å². The number of benzene rings is 2. The van der Waals surface area contributed by atoms with Crippen molar-refractivity contribution >= 4 is 40.0 Å². The minimum atomic E-state index is -1.88. The van der Waals surface area contributed by atoms with E-state index in [1.807, 2.05) is 0 Å². The van der Waals surface area contributed by atoms with Gasteiger partial charge in [0.05, 0.1) is 0 Å². The van der Waals surface area contributed by atoms with Crippen molar-refractivity contribution in [1.82, 2.24) is 0 Å². The third kappa shape index (κ3) is 3.89. The quantitative estimate of drug-likeness (QED) is 0.277. The van der Waals surface area contributed by atoms with Crippen LogP contribution in [0.1, 0.15) is 33.4 Å². The summed E-state index contributed by atoms with van der Waals surface area (Å²) in [4.78, 5) is 0. The van der Waals surface area contributed by atoms with E-state index in [-0.39, 0.29) is 46.5 Å². The Hall–Kier alpha value is -0.829. The van der Waals surface area contributed by atoms with Gasteiger partial charge in [-0.1, -0.05) is 64.0 Å². The topological polar surface area (TPSA) is 0 Å². The van der Waals surface area contributed by atoms with E-state index in [2.05, 4.69) is 91.0 Å². The maximum absolute atomic E-state index is 2.56. The molecule has 0 aliphatic carbocycles. The molecule has 0 bridgehead atoms. The van der Waals surface area contributed by atoms with Gasteiger partial charge in [-0.2, -0.15) is 10.4 Å². The van der Waals surface area contributed by atoms with Crippen LogP contribution in [0.15, 0.2) is 36.4 Å². The molecule has 0 spiro atoms. The van der Waals surface area contributed by atoms with Crippen LogP contribution >= 0.6 is 0 Å². The Kier molecular flexibility index (Phi) is 8.48. The smallest absolute Gasteiger partial charge is 1.00 e. The van der Waals surface area contributed by atoms with Gasteiger partial charge in [-0.05, 0) is 13.8 Å². The van der Waals surface area contributed by atoms with Crippen LogP contribution in [0.3, 0.4) is 0 Å². The van der Waals surface area contributed by atoms with Crippen molar-refractivity contribution in [3.8, 4) is 0 Å². The molecular formula is C26H30Cl2SiTi. The maximum atomic E-state index is 2.56. The predicted molar refractivity (Wildman–Crippen MR) is 124 cm³/mol. The molecule has 0 aliphatic rings. The van der Waals surface area contributed by atoms with Gasteiger partial charge in [-0.15, -0.1) is 68.1 Å². The van der Waals surface area contributed by atoms with Crippen LogP contribution in [0.25, 0.3) is 21.5 Å². The van der Waals surface area contributed by atoms with E-state index < -0.39 is 8.07 Å². The Morgan fingerprint density at radius 2 is 0.867 bits per heavy atom. The van der Waals surface area contributed by atoms with E-state index in [0.29, 0.717) is 0 Å². The van der Waals surface area contributed by atoms with Crippen LogP contribution in [0.5, 0.6) is 0 Å². The number of fused-ring (bicyclic) bond motifs is 2. The van der Waals surface area contributed by atoms with E-state index in [1.165, 1.54) is 54.9 Å². The summed E-state index contributed by atoms with van der Waals surface area (Å²) in [6, 6.07) is 14.0.